The zero-order chi connectivity index (χ0) is 17.4. The molecule has 0 bridgehead atoms. The van der Waals surface area contributed by atoms with Gasteiger partial charge in [-0.1, -0.05) is 49.4 Å². The van der Waals surface area contributed by atoms with Crippen molar-refractivity contribution >= 4 is 39.0 Å². The number of nitrogens with one attached hydrogen (secondary N) is 1. The Kier molecular flexibility index (Phi) is 4.13. The highest BCUT2D eigenvalue weighted by molar-refractivity contribution is 7.30. The first-order valence-electron chi connectivity index (χ1n) is 8.36. The topological polar surface area (TPSA) is 33.6 Å². The van der Waals surface area contributed by atoms with Gasteiger partial charge >= 0.3 is 0 Å². The molecule has 4 rings (SSSR count). The number of fused-ring (bicyclic) bond motifs is 2. The highest BCUT2D eigenvalue weighted by Crippen LogP contribution is 2.49. The fourth-order valence-corrected chi connectivity index (χ4v) is 5.69. The molecule has 0 aliphatic carbocycles. The van der Waals surface area contributed by atoms with Gasteiger partial charge in [0.25, 0.3) is 0 Å². The van der Waals surface area contributed by atoms with Gasteiger partial charge in [-0.3, -0.25) is 0 Å². The summed E-state index contributed by atoms with van der Waals surface area (Å²) >= 11 is 3.49. The van der Waals surface area contributed by atoms with Crippen LogP contribution in [-0.4, -0.2) is 6.61 Å². The molecule has 2 aromatic carbocycles. The molecule has 0 radical (unpaired) electrons. The lowest BCUT2D eigenvalue weighted by Gasteiger charge is -2.32. The van der Waals surface area contributed by atoms with Crippen molar-refractivity contribution in [1.82, 2.24) is 0 Å². The lowest BCUT2D eigenvalue weighted by atomic mass is 9.80. The van der Waals surface area contributed by atoms with E-state index in [1.54, 1.807) is 22.7 Å². The molecule has 3 aromatic rings. The quantitative estimate of drug-likeness (QED) is 0.631. The number of hydrogen-bond acceptors (Lipinski definition) is 5. The molecule has 1 N–H and O–H groups in total. The third-order valence-corrected chi connectivity index (χ3v) is 6.94. The van der Waals surface area contributed by atoms with E-state index in [-0.39, 0.29) is 5.41 Å². The summed E-state index contributed by atoms with van der Waals surface area (Å²) in [4.78, 5) is 6.13. The highest BCUT2D eigenvalue weighted by Gasteiger charge is 2.35. The van der Waals surface area contributed by atoms with Crippen LogP contribution in [0.1, 0.15) is 31.2 Å². The number of anilines is 2. The second kappa shape index (κ2) is 6.32. The van der Waals surface area contributed by atoms with Gasteiger partial charge in [0.15, 0.2) is 3.98 Å². The summed E-state index contributed by atoms with van der Waals surface area (Å²) in [6, 6.07) is 16.5. The number of benzene rings is 2. The molecule has 0 atom stereocenters. The maximum Gasteiger partial charge on any atom is 0.173 e. The molecule has 0 fully saturated rings. The summed E-state index contributed by atoms with van der Waals surface area (Å²) in [5, 5.41) is 4.78. The Morgan fingerprint density at radius 2 is 1.88 bits per heavy atom. The molecule has 0 saturated heterocycles. The van der Waals surface area contributed by atoms with Crippen molar-refractivity contribution in [2.75, 3.05) is 11.9 Å². The van der Waals surface area contributed by atoms with Gasteiger partial charge in [-0.2, -0.15) is 0 Å². The van der Waals surface area contributed by atoms with E-state index in [1.807, 2.05) is 37.3 Å². The third-order valence-electron chi connectivity index (χ3n) is 4.35. The molecule has 3 nitrogen and oxygen atoms in total. The Morgan fingerprint density at radius 3 is 2.64 bits per heavy atom. The van der Waals surface area contributed by atoms with E-state index in [0.29, 0.717) is 6.61 Å². The maximum absolute atomic E-state index is 5.66. The standard InChI is InChI=1S/C20H20N2OS2/c1-4-23-14-10-11-15-16(12-14)22-18-17(20(15,2)3)24-19(25-18)21-13-8-6-5-7-9-13/h5-12,22H,4H2,1-3H3. The van der Waals surface area contributed by atoms with Crippen molar-refractivity contribution in [3.63, 3.8) is 0 Å². The van der Waals surface area contributed by atoms with Crippen LogP contribution in [0.5, 0.6) is 5.75 Å². The maximum atomic E-state index is 5.66. The lowest BCUT2D eigenvalue weighted by Crippen LogP contribution is -2.24. The Labute approximate surface area is 155 Å². The molecular formula is C20H20N2OS2. The largest absolute Gasteiger partial charge is 0.494 e. The van der Waals surface area contributed by atoms with Gasteiger partial charge in [-0.15, -0.1) is 11.3 Å². The lowest BCUT2D eigenvalue weighted by molar-refractivity contribution is 0.340. The molecule has 0 saturated carbocycles. The first kappa shape index (κ1) is 16.4. The predicted octanol–water partition coefficient (Wildman–Crippen LogP) is 5.82. The fourth-order valence-electron chi connectivity index (χ4n) is 3.11. The minimum absolute atomic E-state index is 0.0493. The predicted molar refractivity (Wildman–Crippen MR) is 107 cm³/mol. The third kappa shape index (κ3) is 2.98. The van der Waals surface area contributed by atoms with Crippen LogP contribution in [-0.2, 0) is 5.41 Å². The number of nitrogens with zero attached hydrogens (tertiary/aromatic N) is 1. The monoisotopic (exact) mass is 368 g/mol. The summed E-state index contributed by atoms with van der Waals surface area (Å²) in [6.07, 6.45) is 0. The second-order valence-corrected chi connectivity index (χ2v) is 8.72. The molecular weight excluding hydrogens is 348 g/mol. The van der Waals surface area contributed by atoms with Crippen LogP contribution in [0.3, 0.4) is 0 Å². The smallest absolute Gasteiger partial charge is 0.173 e. The van der Waals surface area contributed by atoms with Crippen LogP contribution in [0.4, 0.5) is 16.4 Å². The normalized spacial score (nSPS) is 15.2. The van der Waals surface area contributed by atoms with Gasteiger partial charge in [-0.05, 0) is 30.7 Å². The average molecular weight is 369 g/mol. The Balaban J connectivity index is 1.79. The minimum atomic E-state index is -0.0493. The fraction of sp³-hybridized carbons (Fsp3) is 0.250. The zero-order valence-electron chi connectivity index (χ0n) is 14.5. The summed E-state index contributed by atoms with van der Waals surface area (Å²) in [7, 11) is 0. The van der Waals surface area contributed by atoms with Crippen LogP contribution in [0, 0.1) is 0 Å². The number of para-hydroxylation sites is 1. The van der Waals surface area contributed by atoms with Crippen molar-refractivity contribution < 1.29 is 4.74 Å². The van der Waals surface area contributed by atoms with Crippen LogP contribution >= 0.6 is 22.7 Å². The first-order chi connectivity index (χ1) is 12.1. The van der Waals surface area contributed by atoms with Gasteiger partial charge in [-0.25, -0.2) is 4.99 Å². The van der Waals surface area contributed by atoms with Gasteiger partial charge in [0, 0.05) is 17.2 Å². The molecule has 0 amide bonds. The van der Waals surface area contributed by atoms with Crippen LogP contribution in [0.15, 0.2) is 53.5 Å². The van der Waals surface area contributed by atoms with E-state index >= 15 is 0 Å². The Hall–Kier alpha value is -2.11. The van der Waals surface area contributed by atoms with Crippen LogP contribution < -0.4 is 14.0 Å². The highest BCUT2D eigenvalue weighted by atomic mass is 32.2. The molecule has 1 aromatic heterocycles. The average Bonchev–Trinajstić information content (AvgIpc) is 2.99. The van der Waals surface area contributed by atoms with Crippen molar-refractivity contribution in [3.05, 3.63) is 63.0 Å². The van der Waals surface area contributed by atoms with E-state index in [2.05, 4.69) is 37.4 Å². The number of rotatable bonds is 3. The SMILES string of the molecule is CCOc1ccc2c(c1)Nc1sc(=Nc3ccccc3)sc1C2(C)C. The Morgan fingerprint density at radius 1 is 1.08 bits per heavy atom. The second-order valence-electron chi connectivity index (χ2n) is 6.47. The van der Waals surface area contributed by atoms with E-state index in [0.717, 1.165) is 21.1 Å². The molecule has 128 valence electrons. The molecule has 1 aliphatic heterocycles. The van der Waals surface area contributed by atoms with Gasteiger partial charge in [0.05, 0.1) is 17.2 Å². The first-order valence-corrected chi connectivity index (χ1v) is 10.00. The Bertz CT molecular complexity index is 971. The molecule has 25 heavy (non-hydrogen) atoms. The zero-order valence-corrected chi connectivity index (χ0v) is 16.1. The van der Waals surface area contributed by atoms with Gasteiger partial charge < -0.3 is 10.1 Å². The number of hydrogen-bond donors (Lipinski definition) is 1. The summed E-state index contributed by atoms with van der Waals surface area (Å²) in [5.74, 6) is 0.905. The molecule has 0 unspecified atom stereocenters. The van der Waals surface area contributed by atoms with Crippen LogP contribution in [0.2, 0.25) is 0 Å². The van der Waals surface area contributed by atoms with E-state index in [9.17, 15) is 0 Å². The molecule has 5 heteroatoms. The summed E-state index contributed by atoms with van der Waals surface area (Å²) in [5.41, 5.74) is 3.37. The number of ether oxygens (including phenoxy) is 1. The van der Waals surface area contributed by atoms with E-state index < -0.39 is 0 Å². The van der Waals surface area contributed by atoms with Crippen molar-refractivity contribution in [3.8, 4) is 5.75 Å². The van der Waals surface area contributed by atoms with Crippen LogP contribution in [0.25, 0.3) is 0 Å². The van der Waals surface area contributed by atoms with Crippen molar-refractivity contribution in [2.24, 2.45) is 4.99 Å². The summed E-state index contributed by atoms with van der Waals surface area (Å²) < 4.78 is 6.72. The summed E-state index contributed by atoms with van der Waals surface area (Å²) in [6.45, 7) is 7.24. The van der Waals surface area contributed by atoms with Crippen molar-refractivity contribution in [1.29, 1.82) is 0 Å². The molecule has 1 aliphatic rings. The van der Waals surface area contributed by atoms with E-state index in [1.165, 1.54) is 15.4 Å². The molecule has 0 spiro atoms. The van der Waals surface area contributed by atoms with E-state index in [4.69, 9.17) is 9.73 Å². The van der Waals surface area contributed by atoms with Gasteiger partial charge in [0.2, 0.25) is 0 Å². The minimum Gasteiger partial charge on any atom is -0.494 e. The van der Waals surface area contributed by atoms with Crippen molar-refractivity contribution in [2.45, 2.75) is 26.2 Å². The van der Waals surface area contributed by atoms with Gasteiger partial charge in [0.1, 0.15) is 10.8 Å². The molecule has 2 heterocycles.